The van der Waals surface area contributed by atoms with Gasteiger partial charge in [-0.05, 0) is 48.6 Å². The van der Waals surface area contributed by atoms with Crippen LogP contribution in [0.15, 0.2) is 65.0 Å². The van der Waals surface area contributed by atoms with Crippen LogP contribution in [0.5, 0.6) is 5.75 Å². The van der Waals surface area contributed by atoms with E-state index in [4.69, 9.17) is 9.84 Å². The first-order valence-corrected chi connectivity index (χ1v) is 12.2. The summed E-state index contributed by atoms with van der Waals surface area (Å²) >= 11 is 1.38. The molecular weight excluding hydrogens is 439 g/mol. The summed E-state index contributed by atoms with van der Waals surface area (Å²) in [7, 11) is 0. The van der Waals surface area contributed by atoms with Gasteiger partial charge in [-0.3, -0.25) is 4.79 Å². The zero-order chi connectivity index (χ0) is 22.8. The van der Waals surface area contributed by atoms with Gasteiger partial charge in [-0.15, -0.1) is 5.10 Å². The summed E-state index contributed by atoms with van der Waals surface area (Å²) < 4.78 is 21.7. The van der Waals surface area contributed by atoms with Crippen molar-refractivity contribution in [2.24, 2.45) is 0 Å². The summed E-state index contributed by atoms with van der Waals surface area (Å²) in [6.45, 7) is 2.70. The van der Waals surface area contributed by atoms with Crippen molar-refractivity contribution in [3.63, 3.8) is 0 Å². The van der Waals surface area contributed by atoms with E-state index < -0.39 is 0 Å². The molecule has 2 aliphatic rings. The summed E-state index contributed by atoms with van der Waals surface area (Å²) in [5.41, 5.74) is 3.21. The van der Waals surface area contributed by atoms with Crippen molar-refractivity contribution >= 4 is 23.5 Å². The smallest absolute Gasteiger partial charge is 0.227 e. The molecule has 0 saturated carbocycles. The molecule has 33 heavy (non-hydrogen) atoms. The zero-order valence-corrected chi connectivity index (χ0v) is 19.2. The number of ether oxygens (including phenoxy) is 1. The molecular formula is C25H25FN4O2S. The molecule has 6 nitrogen and oxygen atoms in total. The van der Waals surface area contributed by atoms with E-state index in [0.29, 0.717) is 35.4 Å². The Hall–Kier alpha value is -3.13. The average molecular weight is 465 g/mol. The van der Waals surface area contributed by atoms with E-state index in [0.717, 1.165) is 41.8 Å². The third-order valence-electron chi connectivity index (χ3n) is 5.81. The third kappa shape index (κ3) is 4.39. The number of Topliss-reactive ketones (excluding diaryl/α,β-unsaturated/α-hetero) is 1. The van der Waals surface area contributed by atoms with Crippen LogP contribution in [-0.2, 0) is 10.5 Å². The first-order chi connectivity index (χ1) is 16.1. The molecule has 1 atom stereocenters. The number of anilines is 1. The van der Waals surface area contributed by atoms with E-state index in [1.54, 1.807) is 16.8 Å². The second-order valence-corrected chi connectivity index (χ2v) is 9.10. The first-order valence-electron chi connectivity index (χ1n) is 11.2. The van der Waals surface area contributed by atoms with Crippen molar-refractivity contribution in [2.75, 3.05) is 11.9 Å². The average Bonchev–Trinajstić information content (AvgIpc) is 3.23. The number of halogens is 1. The molecule has 5 rings (SSSR count). The van der Waals surface area contributed by atoms with Crippen LogP contribution in [0.25, 0.3) is 0 Å². The molecule has 1 N–H and O–H groups in total. The van der Waals surface area contributed by atoms with E-state index in [1.165, 1.54) is 17.8 Å². The summed E-state index contributed by atoms with van der Waals surface area (Å²) in [6, 6.07) is 14.2. The number of carbonyl (C=O) groups excluding carboxylic acids is 1. The lowest BCUT2D eigenvalue weighted by atomic mass is 9.85. The van der Waals surface area contributed by atoms with Crippen molar-refractivity contribution in [1.82, 2.24) is 14.8 Å². The molecule has 1 aliphatic carbocycles. The number of allylic oxidation sites excluding steroid dienone is 2. The SMILES string of the molecule is CCCOc1cccc(C2C3=C(CCCC3=O)Nc3nc(SCc4ccccc4F)nn32)c1. The number of aromatic nitrogens is 3. The number of hydrogen-bond acceptors (Lipinski definition) is 6. The van der Waals surface area contributed by atoms with Gasteiger partial charge in [0, 0.05) is 23.4 Å². The van der Waals surface area contributed by atoms with Crippen LogP contribution in [0.4, 0.5) is 10.3 Å². The summed E-state index contributed by atoms with van der Waals surface area (Å²) in [4.78, 5) is 17.7. The molecule has 2 heterocycles. The Morgan fingerprint density at radius 1 is 1.21 bits per heavy atom. The van der Waals surface area contributed by atoms with Gasteiger partial charge in [0.25, 0.3) is 0 Å². The lowest BCUT2D eigenvalue weighted by Gasteiger charge is -2.32. The molecule has 1 aromatic heterocycles. The van der Waals surface area contributed by atoms with Gasteiger partial charge >= 0.3 is 0 Å². The van der Waals surface area contributed by atoms with Crippen LogP contribution in [0.2, 0.25) is 0 Å². The number of fused-ring (bicyclic) bond motifs is 1. The largest absolute Gasteiger partial charge is 0.494 e. The van der Waals surface area contributed by atoms with E-state index in [2.05, 4.69) is 17.2 Å². The molecule has 0 spiro atoms. The van der Waals surface area contributed by atoms with Crippen molar-refractivity contribution in [1.29, 1.82) is 0 Å². The maximum absolute atomic E-state index is 14.0. The second-order valence-electron chi connectivity index (χ2n) is 8.16. The van der Waals surface area contributed by atoms with Gasteiger partial charge in [0.15, 0.2) is 5.78 Å². The van der Waals surface area contributed by atoms with Crippen LogP contribution in [0.3, 0.4) is 0 Å². The molecule has 170 valence electrons. The normalized spacial score (nSPS) is 17.4. The van der Waals surface area contributed by atoms with Gasteiger partial charge in [0.05, 0.1) is 6.61 Å². The molecule has 0 saturated heterocycles. The van der Waals surface area contributed by atoms with Crippen LogP contribution >= 0.6 is 11.8 Å². The standard InChI is InChI=1S/C25H25FN4O2S/c1-2-13-32-18-9-5-8-16(14-18)23-22-20(11-6-12-21(22)31)27-24-28-25(29-30(23)24)33-15-17-7-3-4-10-19(17)26/h3-5,7-10,14,23H,2,6,11-13,15H2,1H3,(H,27,28,29). The van der Waals surface area contributed by atoms with Crippen LogP contribution in [0, 0.1) is 5.82 Å². The number of benzene rings is 2. The maximum atomic E-state index is 14.0. The molecule has 0 amide bonds. The highest BCUT2D eigenvalue weighted by molar-refractivity contribution is 7.98. The number of hydrogen-bond donors (Lipinski definition) is 1. The quantitative estimate of drug-likeness (QED) is 0.464. The highest BCUT2D eigenvalue weighted by atomic mass is 32.2. The first kappa shape index (κ1) is 21.7. The number of ketones is 1. The molecule has 3 aromatic rings. The number of carbonyl (C=O) groups is 1. The van der Waals surface area contributed by atoms with Gasteiger partial charge in [-0.1, -0.05) is 49.0 Å². The Morgan fingerprint density at radius 3 is 2.94 bits per heavy atom. The summed E-state index contributed by atoms with van der Waals surface area (Å²) in [5.74, 6) is 1.69. The lowest BCUT2D eigenvalue weighted by molar-refractivity contribution is -0.116. The van der Waals surface area contributed by atoms with Crippen molar-refractivity contribution in [2.45, 2.75) is 49.6 Å². The lowest BCUT2D eigenvalue weighted by Crippen LogP contribution is -2.31. The number of rotatable bonds is 7. The topological polar surface area (TPSA) is 69.0 Å². The summed E-state index contributed by atoms with van der Waals surface area (Å²) in [6.07, 6.45) is 3.07. The van der Waals surface area contributed by atoms with Crippen molar-refractivity contribution in [3.8, 4) is 5.75 Å². The Bertz CT molecular complexity index is 1220. The minimum atomic E-state index is -0.371. The monoisotopic (exact) mass is 464 g/mol. The zero-order valence-electron chi connectivity index (χ0n) is 18.4. The van der Waals surface area contributed by atoms with Crippen LogP contribution in [0.1, 0.15) is 49.8 Å². The predicted octanol–water partition coefficient (Wildman–Crippen LogP) is 5.52. The molecule has 8 heteroatoms. The molecule has 1 unspecified atom stereocenters. The van der Waals surface area contributed by atoms with Crippen molar-refractivity contribution < 1.29 is 13.9 Å². The Kier molecular flexibility index (Phi) is 6.17. The van der Waals surface area contributed by atoms with Crippen LogP contribution in [-0.4, -0.2) is 27.2 Å². The van der Waals surface area contributed by atoms with Crippen LogP contribution < -0.4 is 10.1 Å². The number of nitrogens with one attached hydrogen (secondary N) is 1. The Balaban J connectivity index is 1.50. The van der Waals surface area contributed by atoms with Gasteiger partial charge < -0.3 is 10.1 Å². The van der Waals surface area contributed by atoms with E-state index in [1.807, 2.05) is 30.3 Å². The number of nitrogens with zero attached hydrogens (tertiary/aromatic N) is 3. The molecule has 0 bridgehead atoms. The Labute approximate surface area is 196 Å². The molecule has 2 aromatic carbocycles. The Morgan fingerprint density at radius 2 is 2.09 bits per heavy atom. The summed E-state index contributed by atoms with van der Waals surface area (Å²) in [5, 5.41) is 8.60. The van der Waals surface area contributed by atoms with E-state index >= 15 is 0 Å². The maximum Gasteiger partial charge on any atom is 0.227 e. The van der Waals surface area contributed by atoms with Gasteiger partial charge in [-0.2, -0.15) is 4.98 Å². The minimum absolute atomic E-state index is 0.135. The molecule has 1 aliphatic heterocycles. The fraction of sp³-hybridized carbons (Fsp3) is 0.320. The highest BCUT2D eigenvalue weighted by Gasteiger charge is 2.37. The predicted molar refractivity (Wildman–Crippen MR) is 126 cm³/mol. The number of thioether (sulfide) groups is 1. The minimum Gasteiger partial charge on any atom is -0.494 e. The highest BCUT2D eigenvalue weighted by Crippen LogP contribution is 2.41. The fourth-order valence-corrected chi connectivity index (χ4v) is 5.07. The van der Waals surface area contributed by atoms with Gasteiger partial charge in [-0.25, -0.2) is 9.07 Å². The van der Waals surface area contributed by atoms with Gasteiger partial charge in [0.1, 0.15) is 17.6 Å². The van der Waals surface area contributed by atoms with E-state index in [-0.39, 0.29) is 17.6 Å². The molecule has 0 radical (unpaired) electrons. The van der Waals surface area contributed by atoms with E-state index in [9.17, 15) is 9.18 Å². The third-order valence-corrected chi connectivity index (χ3v) is 6.70. The second kappa shape index (κ2) is 9.39. The fourth-order valence-electron chi connectivity index (χ4n) is 4.26. The van der Waals surface area contributed by atoms with Gasteiger partial charge in [0.2, 0.25) is 11.1 Å². The van der Waals surface area contributed by atoms with Crippen molar-refractivity contribution in [3.05, 3.63) is 76.7 Å². The molecule has 0 fully saturated rings.